The predicted molar refractivity (Wildman–Crippen MR) is 75.5 cm³/mol. The molecule has 1 unspecified atom stereocenters. The molecule has 18 heavy (non-hydrogen) atoms. The third kappa shape index (κ3) is 2.99. The van der Waals surface area contributed by atoms with Crippen molar-refractivity contribution in [1.29, 1.82) is 0 Å². The van der Waals surface area contributed by atoms with E-state index in [9.17, 15) is 4.79 Å². The van der Waals surface area contributed by atoms with Gasteiger partial charge in [0.05, 0.1) is 10.6 Å². The van der Waals surface area contributed by atoms with Crippen molar-refractivity contribution in [2.45, 2.75) is 19.8 Å². The zero-order valence-electron chi connectivity index (χ0n) is 10.5. The summed E-state index contributed by atoms with van der Waals surface area (Å²) in [5, 5.41) is 0.542. The first-order valence-electron chi connectivity index (χ1n) is 6.23. The van der Waals surface area contributed by atoms with E-state index in [1.807, 2.05) is 30.0 Å². The van der Waals surface area contributed by atoms with Crippen molar-refractivity contribution in [3.8, 4) is 0 Å². The highest BCUT2D eigenvalue weighted by Crippen LogP contribution is 2.25. The van der Waals surface area contributed by atoms with Gasteiger partial charge in [0.25, 0.3) is 5.91 Å². The monoisotopic (exact) mass is 285 g/mol. The minimum atomic E-state index is 0.0390. The van der Waals surface area contributed by atoms with Gasteiger partial charge in [-0.05, 0) is 43.4 Å². The SMILES string of the molecule is Cc1ccc(C(=O)N2CCC(CCCl)C2)c(Cl)c1. The maximum Gasteiger partial charge on any atom is 0.255 e. The smallest absolute Gasteiger partial charge is 0.255 e. The second-order valence-electron chi connectivity index (χ2n) is 4.87. The third-order valence-electron chi connectivity index (χ3n) is 3.45. The van der Waals surface area contributed by atoms with Crippen molar-refractivity contribution in [2.75, 3.05) is 19.0 Å². The quantitative estimate of drug-likeness (QED) is 0.775. The molecule has 0 aromatic heterocycles. The molecular weight excluding hydrogens is 269 g/mol. The lowest BCUT2D eigenvalue weighted by molar-refractivity contribution is 0.0787. The van der Waals surface area contributed by atoms with Crippen LogP contribution in [0.1, 0.15) is 28.8 Å². The van der Waals surface area contributed by atoms with Gasteiger partial charge in [0, 0.05) is 19.0 Å². The van der Waals surface area contributed by atoms with Crippen molar-refractivity contribution in [3.63, 3.8) is 0 Å². The van der Waals surface area contributed by atoms with Crippen LogP contribution in [0.3, 0.4) is 0 Å². The van der Waals surface area contributed by atoms with E-state index < -0.39 is 0 Å². The molecule has 1 amide bonds. The Bertz CT molecular complexity index is 447. The molecule has 0 radical (unpaired) electrons. The standard InChI is InChI=1S/C14H17Cl2NO/c1-10-2-3-12(13(16)8-10)14(18)17-7-5-11(9-17)4-6-15/h2-3,8,11H,4-7,9H2,1H3. The maximum atomic E-state index is 12.3. The molecule has 0 N–H and O–H groups in total. The molecule has 1 aromatic carbocycles. The van der Waals surface area contributed by atoms with Gasteiger partial charge < -0.3 is 4.90 Å². The van der Waals surface area contributed by atoms with Gasteiger partial charge in [0.15, 0.2) is 0 Å². The van der Waals surface area contributed by atoms with Gasteiger partial charge in [-0.3, -0.25) is 4.79 Å². The number of aryl methyl sites for hydroxylation is 1. The third-order valence-corrected chi connectivity index (χ3v) is 3.98. The van der Waals surface area contributed by atoms with Crippen LogP contribution in [0.25, 0.3) is 0 Å². The van der Waals surface area contributed by atoms with Gasteiger partial charge in [-0.25, -0.2) is 0 Å². The number of hydrogen-bond donors (Lipinski definition) is 0. The molecule has 1 saturated heterocycles. The number of rotatable bonds is 3. The molecule has 1 heterocycles. The zero-order chi connectivity index (χ0) is 13.1. The molecule has 0 bridgehead atoms. The number of hydrogen-bond acceptors (Lipinski definition) is 1. The first-order chi connectivity index (χ1) is 8.61. The highest BCUT2D eigenvalue weighted by Gasteiger charge is 2.27. The highest BCUT2D eigenvalue weighted by molar-refractivity contribution is 6.33. The van der Waals surface area contributed by atoms with Crippen molar-refractivity contribution in [2.24, 2.45) is 5.92 Å². The molecule has 1 aliphatic heterocycles. The minimum Gasteiger partial charge on any atom is -0.338 e. The number of carbonyl (C=O) groups excluding carboxylic acids is 1. The fraction of sp³-hybridized carbons (Fsp3) is 0.500. The second-order valence-corrected chi connectivity index (χ2v) is 5.65. The Balaban J connectivity index is 2.08. The number of likely N-dealkylation sites (tertiary alicyclic amines) is 1. The highest BCUT2D eigenvalue weighted by atomic mass is 35.5. The van der Waals surface area contributed by atoms with Crippen LogP contribution in [0.5, 0.6) is 0 Å². The van der Waals surface area contributed by atoms with Gasteiger partial charge in [-0.1, -0.05) is 17.7 Å². The average Bonchev–Trinajstić information content (AvgIpc) is 2.77. The zero-order valence-corrected chi connectivity index (χ0v) is 12.0. The Morgan fingerprint density at radius 3 is 2.94 bits per heavy atom. The lowest BCUT2D eigenvalue weighted by atomic mass is 10.1. The average molecular weight is 286 g/mol. The Kier molecular flexibility index (Phi) is 4.52. The summed E-state index contributed by atoms with van der Waals surface area (Å²) in [6, 6.07) is 5.57. The molecule has 0 saturated carbocycles. The molecule has 4 heteroatoms. The van der Waals surface area contributed by atoms with Crippen molar-refractivity contribution < 1.29 is 4.79 Å². The van der Waals surface area contributed by atoms with Crippen LogP contribution in [0.15, 0.2) is 18.2 Å². The van der Waals surface area contributed by atoms with E-state index in [-0.39, 0.29) is 5.91 Å². The lowest BCUT2D eigenvalue weighted by Crippen LogP contribution is -2.29. The summed E-state index contributed by atoms with van der Waals surface area (Å²) in [5.41, 5.74) is 1.67. The summed E-state index contributed by atoms with van der Waals surface area (Å²) in [5.74, 6) is 1.24. The summed E-state index contributed by atoms with van der Waals surface area (Å²) in [7, 11) is 0. The molecule has 2 rings (SSSR count). The van der Waals surface area contributed by atoms with E-state index in [2.05, 4.69) is 0 Å². The molecule has 0 spiro atoms. The molecule has 1 aliphatic rings. The Morgan fingerprint density at radius 2 is 2.28 bits per heavy atom. The van der Waals surface area contributed by atoms with E-state index in [1.165, 1.54) is 0 Å². The number of alkyl halides is 1. The van der Waals surface area contributed by atoms with Crippen LogP contribution in [0, 0.1) is 12.8 Å². The maximum absolute atomic E-state index is 12.3. The molecule has 2 nitrogen and oxygen atoms in total. The molecule has 1 aromatic rings. The van der Waals surface area contributed by atoms with Gasteiger partial charge in [0.2, 0.25) is 0 Å². The fourth-order valence-electron chi connectivity index (χ4n) is 2.37. The van der Waals surface area contributed by atoms with E-state index >= 15 is 0 Å². The van der Waals surface area contributed by atoms with E-state index in [0.717, 1.165) is 31.5 Å². The van der Waals surface area contributed by atoms with Crippen molar-refractivity contribution in [1.82, 2.24) is 4.90 Å². The van der Waals surface area contributed by atoms with Crippen LogP contribution in [-0.4, -0.2) is 29.8 Å². The number of amides is 1. The van der Waals surface area contributed by atoms with E-state index in [1.54, 1.807) is 0 Å². The van der Waals surface area contributed by atoms with Crippen LogP contribution in [0.4, 0.5) is 0 Å². The van der Waals surface area contributed by atoms with Crippen LogP contribution < -0.4 is 0 Å². The minimum absolute atomic E-state index is 0.0390. The first kappa shape index (κ1) is 13.7. The Labute approximate surface area is 118 Å². The molecule has 0 aliphatic carbocycles. The fourth-order valence-corrected chi connectivity index (χ4v) is 3.00. The second kappa shape index (κ2) is 5.94. The largest absolute Gasteiger partial charge is 0.338 e. The number of benzene rings is 1. The van der Waals surface area contributed by atoms with Gasteiger partial charge in [0.1, 0.15) is 0 Å². The van der Waals surface area contributed by atoms with Gasteiger partial charge >= 0.3 is 0 Å². The normalized spacial score (nSPS) is 19.3. The predicted octanol–water partition coefficient (Wildman–Crippen LogP) is 3.74. The van der Waals surface area contributed by atoms with Crippen molar-refractivity contribution >= 4 is 29.1 Å². The molecular formula is C14H17Cl2NO. The van der Waals surface area contributed by atoms with E-state index in [0.29, 0.717) is 22.4 Å². The Hall–Kier alpha value is -0.730. The van der Waals surface area contributed by atoms with Gasteiger partial charge in [-0.15, -0.1) is 11.6 Å². The summed E-state index contributed by atoms with van der Waals surface area (Å²) in [4.78, 5) is 14.2. The number of nitrogens with zero attached hydrogens (tertiary/aromatic N) is 1. The van der Waals surface area contributed by atoms with Crippen LogP contribution in [-0.2, 0) is 0 Å². The molecule has 1 fully saturated rings. The van der Waals surface area contributed by atoms with E-state index in [4.69, 9.17) is 23.2 Å². The summed E-state index contributed by atoms with van der Waals surface area (Å²) >= 11 is 11.9. The number of halogens is 2. The van der Waals surface area contributed by atoms with Gasteiger partial charge in [-0.2, -0.15) is 0 Å². The first-order valence-corrected chi connectivity index (χ1v) is 7.14. The molecule has 98 valence electrons. The van der Waals surface area contributed by atoms with Crippen LogP contribution in [0.2, 0.25) is 5.02 Å². The number of carbonyl (C=O) groups is 1. The topological polar surface area (TPSA) is 20.3 Å². The van der Waals surface area contributed by atoms with Crippen molar-refractivity contribution in [3.05, 3.63) is 34.3 Å². The summed E-state index contributed by atoms with van der Waals surface area (Å²) in [6.07, 6.45) is 2.02. The summed E-state index contributed by atoms with van der Waals surface area (Å²) < 4.78 is 0. The lowest BCUT2D eigenvalue weighted by Gasteiger charge is -2.17. The van der Waals surface area contributed by atoms with Crippen LogP contribution >= 0.6 is 23.2 Å². The molecule has 1 atom stereocenters. The summed E-state index contributed by atoms with van der Waals surface area (Å²) in [6.45, 7) is 3.58. The Morgan fingerprint density at radius 1 is 1.50 bits per heavy atom.